The molecule has 1 saturated carbocycles. The maximum Gasteiger partial charge on any atom is 0.271 e. The maximum atomic E-state index is 14.0. The summed E-state index contributed by atoms with van der Waals surface area (Å²) in [7, 11) is 1.63. The molecule has 2 amide bonds. The summed E-state index contributed by atoms with van der Waals surface area (Å²) < 4.78 is 13.2. The highest BCUT2D eigenvalue weighted by molar-refractivity contribution is 6.03. The normalized spacial score (nSPS) is 20.2. The molecule has 5 rings (SSSR count). The van der Waals surface area contributed by atoms with Crippen LogP contribution in [0.15, 0.2) is 48.5 Å². The van der Waals surface area contributed by atoms with Crippen molar-refractivity contribution in [2.45, 2.75) is 64.2 Å². The van der Waals surface area contributed by atoms with E-state index in [1.54, 1.807) is 12.0 Å². The molecule has 3 aromatic rings. The van der Waals surface area contributed by atoms with Crippen molar-refractivity contribution in [1.82, 2.24) is 14.8 Å². The maximum absolute atomic E-state index is 14.0. The number of aromatic nitrogens is 1. The second kappa shape index (κ2) is 9.29. The van der Waals surface area contributed by atoms with Gasteiger partial charge in [0.25, 0.3) is 5.91 Å². The van der Waals surface area contributed by atoms with Crippen LogP contribution in [0.2, 0.25) is 0 Å². The van der Waals surface area contributed by atoms with Crippen LogP contribution in [-0.4, -0.2) is 46.6 Å². The van der Waals surface area contributed by atoms with Gasteiger partial charge in [-0.05, 0) is 51.0 Å². The van der Waals surface area contributed by atoms with Crippen molar-refractivity contribution in [2.75, 3.05) is 13.7 Å². The minimum atomic E-state index is -1.07. The zero-order valence-electron chi connectivity index (χ0n) is 20.7. The summed E-state index contributed by atoms with van der Waals surface area (Å²) in [6.45, 7) is 5.00. The summed E-state index contributed by atoms with van der Waals surface area (Å²) in [4.78, 5) is 29.6. The summed E-state index contributed by atoms with van der Waals surface area (Å²) >= 11 is 0. The van der Waals surface area contributed by atoms with Crippen LogP contribution in [0, 0.1) is 0 Å². The first-order chi connectivity index (χ1) is 16.9. The Kier molecular flexibility index (Phi) is 6.17. The van der Waals surface area contributed by atoms with Gasteiger partial charge in [0.2, 0.25) is 5.91 Å². The van der Waals surface area contributed by atoms with E-state index < -0.39 is 5.54 Å². The highest BCUT2D eigenvalue weighted by Gasteiger charge is 2.48. The van der Waals surface area contributed by atoms with Crippen molar-refractivity contribution in [3.05, 3.63) is 59.8 Å². The van der Waals surface area contributed by atoms with E-state index in [0.29, 0.717) is 18.8 Å². The van der Waals surface area contributed by atoms with E-state index in [-0.39, 0.29) is 24.4 Å². The summed E-state index contributed by atoms with van der Waals surface area (Å²) in [5.74, 6) is 1.18. The molecule has 0 bridgehead atoms. The van der Waals surface area contributed by atoms with Crippen LogP contribution in [0.3, 0.4) is 0 Å². The van der Waals surface area contributed by atoms with Crippen molar-refractivity contribution in [1.29, 1.82) is 0 Å². The van der Waals surface area contributed by atoms with Gasteiger partial charge in [0.05, 0.1) is 32.3 Å². The Morgan fingerprint density at radius 1 is 1.14 bits per heavy atom. The molecule has 1 aliphatic heterocycles. The van der Waals surface area contributed by atoms with Crippen LogP contribution in [0.5, 0.6) is 11.5 Å². The van der Waals surface area contributed by atoms with Crippen LogP contribution in [-0.2, 0) is 17.9 Å². The molecule has 2 aromatic carbocycles. The fourth-order valence-electron chi connectivity index (χ4n) is 5.42. The number of para-hydroxylation sites is 1. The average molecular weight is 476 g/mol. The monoisotopic (exact) mass is 475 g/mol. The molecule has 0 unspecified atom stereocenters. The van der Waals surface area contributed by atoms with Crippen molar-refractivity contribution in [3.8, 4) is 11.5 Å². The molecule has 184 valence electrons. The number of rotatable bonds is 7. The van der Waals surface area contributed by atoms with Gasteiger partial charge in [-0.3, -0.25) is 9.59 Å². The van der Waals surface area contributed by atoms with Gasteiger partial charge in [0, 0.05) is 23.1 Å². The average Bonchev–Trinajstić information content (AvgIpc) is 3.50. The second-order valence-electron chi connectivity index (χ2n) is 9.70. The Bertz CT molecular complexity index is 1260. The summed E-state index contributed by atoms with van der Waals surface area (Å²) in [5.41, 5.74) is 1.28. The summed E-state index contributed by atoms with van der Waals surface area (Å²) in [5, 5.41) is 4.21. The molecule has 1 aromatic heterocycles. The fourth-order valence-corrected chi connectivity index (χ4v) is 5.42. The first-order valence-electron chi connectivity index (χ1n) is 12.5. The SMILES string of the molecule is CCOc1ccccc1CN1C(=O)c2cc3ccc(OC)cc3n2C[C@]1(C)C(=O)NC1CCCC1. The summed E-state index contributed by atoms with van der Waals surface area (Å²) in [6, 6.07) is 15.6. The third-order valence-electron chi connectivity index (χ3n) is 7.42. The number of carbonyl (C=O) groups excluding carboxylic acids is 2. The molecular weight excluding hydrogens is 442 g/mol. The minimum absolute atomic E-state index is 0.109. The zero-order valence-corrected chi connectivity index (χ0v) is 20.7. The van der Waals surface area contributed by atoms with Crippen molar-refractivity contribution in [2.24, 2.45) is 0 Å². The molecule has 0 saturated heterocycles. The first kappa shape index (κ1) is 23.3. The Hall–Kier alpha value is -3.48. The smallest absolute Gasteiger partial charge is 0.271 e. The molecule has 1 atom stereocenters. The Labute approximate surface area is 206 Å². The first-order valence-corrected chi connectivity index (χ1v) is 12.5. The lowest BCUT2D eigenvalue weighted by Crippen LogP contribution is -2.64. The highest BCUT2D eigenvalue weighted by atomic mass is 16.5. The number of nitrogens with one attached hydrogen (secondary N) is 1. The number of ether oxygens (including phenoxy) is 2. The Morgan fingerprint density at radius 3 is 2.66 bits per heavy atom. The number of benzene rings is 2. The van der Waals surface area contributed by atoms with Crippen molar-refractivity contribution in [3.63, 3.8) is 0 Å². The number of hydrogen-bond donors (Lipinski definition) is 1. The molecule has 7 nitrogen and oxygen atoms in total. The van der Waals surface area contributed by atoms with Gasteiger partial charge in [-0.2, -0.15) is 0 Å². The van der Waals surface area contributed by atoms with Crippen LogP contribution < -0.4 is 14.8 Å². The van der Waals surface area contributed by atoms with E-state index in [0.717, 1.165) is 53.6 Å². The predicted molar refractivity (Wildman–Crippen MR) is 135 cm³/mol. The van der Waals surface area contributed by atoms with E-state index in [9.17, 15) is 9.59 Å². The van der Waals surface area contributed by atoms with Gasteiger partial charge in [-0.25, -0.2) is 0 Å². The highest BCUT2D eigenvalue weighted by Crippen LogP contribution is 2.36. The lowest BCUT2D eigenvalue weighted by atomic mass is 9.93. The topological polar surface area (TPSA) is 72.8 Å². The minimum Gasteiger partial charge on any atom is -0.497 e. The predicted octanol–water partition coefficient (Wildman–Crippen LogP) is 4.52. The molecule has 2 heterocycles. The molecule has 0 radical (unpaired) electrons. The van der Waals surface area contributed by atoms with Gasteiger partial charge in [0.15, 0.2) is 0 Å². The second-order valence-corrected chi connectivity index (χ2v) is 9.70. The van der Waals surface area contributed by atoms with Gasteiger partial charge in [-0.1, -0.05) is 31.0 Å². The van der Waals surface area contributed by atoms with Crippen LogP contribution >= 0.6 is 0 Å². The van der Waals surface area contributed by atoms with E-state index in [1.165, 1.54) is 0 Å². The lowest BCUT2D eigenvalue weighted by Gasteiger charge is -2.44. The third-order valence-corrected chi connectivity index (χ3v) is 7.42. The van der Waals surface area contributed by atoms with Crippen molar-refractivity contribution >= 4 is 22.7 Å². The van der Waals surface area contributed by atoms with Gasteiger partial charge in [0.1, 0.15) is 22.7 Å². The zero-order chi connectivity index (χ0) is 24.6. The van der Waals surface area contributed by atoms with Crippen LogP contribution in [0.1, 0.15) is 55.6 Å². The molecule has 1 aliphatic carbocycles. The molecule has 1 fully saturated rings. The van der Waals surface area contributed by atoms with Gasteiger partial charge in [-0.15, -0.1) is 0 Å². The molecule has 7 heteroatoms. The number of methoxy groups -OCH3 is 1. The van der Waals surface area contributed by atoms with Crippen LogP contribution in [0.25, 0.3) is 10.9 Å². The quantitative estimate of drug-likeness (QED) is 0.545. The molecule has 35 heavy (non-hydrogen) atoms. The largest absolute Gasteiger partial charge is 0.497 e. The number of fused-ring (bicyclic) bond motifs is 3. The number of nitrogens with zero attached hydrogens (tertiary/aromatic N) is 2. The van der Waals surface area contributed by atoms with E-state index in [2.05, 4.69) is 5.32 Å². The van der Waals surface area contributed by atoms with Gasteiger partial charge < -0.3 is 24.3 Å². The Morgan fingerprint density at radius 2 is 1.91 bits per heavy atom. The number of carbonyl (C=O) groups is 2. The number of amides is 2. The van der Waals surface area contributed by atoms with Crippen LogP contribution in [0.4, 0.5) is 0 Å². The molecule has 0 spiro atoms. The Balaban J connectivity index is 1.59. The standard InChI is InChI=1S/C28H33N3O4/c1-4-35-25-12-8-5-9-20(25)17-31-26(32)24-15-19-13-14-22(34-3)16-23(19)30(24)18-28(31,2)27(33)29-21-10-6-7-11-21/h5,8-9,12-16,21H,4,6-7,10-11,17-18H2,1-3H3,(H,29,33)/t28-/m1/s1. The summed E-state index contributed by atoms with van der Waals surface area (Å²) in [6.07, 6.45) is 4.21. The molecular formula is C28H33N3O4. The van der Waals surface area contributed by atoms with Crippen molar-refractivity contribution < 1.29 is 19.1 Å². The van der Waals surface area contributed by atoms with E-state index in [4.69, 9.17) is 9.47 Å². The molecule has 1 N–H and O–H groups in total. The third kappa shape index (κ3) is 4.13. The molecule has 2 aliphatic rings. The van der Waals surface area contributed by atoms with E-state index >= 15 is 0 Å². The fraction of sp³-hybridized carbons (Fsp3) is 0.429. The lowest BCUT2D eigenvalue weighted by molar-refractivity contribution is -0.133. The van der Waals surface area contributed by atoms with E-state index in [1.807, 2.05) is 66.9 Å². The van der Waals surface area contributed by atoms with Gasteiger partial charge >= 0.3 is 0 Å². The number of hydrogen-bond acceptors (Lipinski definition) is 4.